The Morgan fingerprint density at radius 1 is 1.19 bits per heavy atom. The number of benzene rings is 1. The third kappa shape index (κ3) is 1.28. The molecule has 84 valence electrons. The molecule has 0 spiro atoms. The topological polar surface area (TPSA) is 54.5 Å². The molecule has 0 saturated heterocycles. The zero-order valence-electron chi connectivity index (χ0n) is 8.59. The molecule has 0 unspecified atom stereocenters. The zero-order chi connectivity index (χ0) is 11.3. The van der Waals surface area contributed by atoms with Crippen LogP contribution in [0.2, 0.25) is 0 Å². The fourth-order valence-corrected chi connectivity index (χ4v) is 3.72. The first-order valence-electron chi connectivity index (χ1n) is 5.24. The lowest BCUT2D eigenvalue weighted by Gasteiger charge is -2.15. The van der Waals surface area contributed by atoms with Crippen LogP contribution in [0, 0.1) is 0 Å². The van der Waals surface area contributed by atoms with Gasteiger partial charge in [-0.2, -0.15) is 0 Å². The first-order chi connectivity index (χ1) is 7.60. The number of amides is 1. The second-order valence-electron chi connectivity index (χ2n) is 4.21. The van der Waals surface area contributed by atoms with Gasteiger partial charge in [0.05, 0.1) is 11.8 Å². The molecule has 3 rings (SSSR count). The van der Waals surface area contributed by atoms with E-state index in [0.717, 1.165) is 9.87 Å². The van der Waals surface area contributed by atoms with E-state index in [1.807, 2.05) is 6.07 Å². The van der Waals surface area contributed by atoms with Gasteiger partial charge in [0.2, 0.25) is 10.0 Å². The molecule has 4 nitrogen and oxygen atoms in total. The van der Waals surface area contributed by atoms with Crippen molar-refractivity contribution < 1.29 is 13.2 Å². The molecule has 0 bridgehead atoms. The van der Waals surface area contributed by atoms with E-state index in [-0.39, 0.29) is 17.7 Å². The lowest BCUT2D eigenvalue weighted by Crippen LogP contribution is -2.33. The minimum Gasteiger partial charge on any atom is -0.268 e. The van der Waals surface area contributed by atoms with Crippen LogP contribution in [-0.2, 0) is 16.6 Å². The van der Waals surface area contributed by atoms with Crippen LogP contribution in [-0.4, -0.2) is 23.9 Å². The monoisotopic (exact) mass is 237 g/mol. The smallest absolute Gasteiger partial charge is 0.268 e. The van der Waals surface area contributed by atoms with Crippen molar-refractivity contribution in [2.24, 2.45) is 0 Å². The van der Waals surface area contributed by atoms with Crippen LogP contribution < -0.4 is 0 Å². The molecule has 1 saturated carbocycles. The van der Waals surface area contributed by atoms with Gasteiger partial charge in [0.15, 0.2) is 0 Å². The summed E-state index contributed by atoms with van der Waals surface area (Å²) < 4.78 is 25.0. The van der Waals surface area contributed by atoms with Gasteiger partial charge in [0, 0.05) is 5.56 Å². The van der Waals surface area contributed by atoms with Crippen LogP contribution in [0.15, 0.2) is 24.3 Å². The highest BCUT2D eigenvalue weighted by molar-refractivity contribution is 7.90. The number of sulfonamides is 1. The number of carbonyl (C=O) groups is 1. The number of carbonyl (C=O) groups excluding carboxylic acids is 1. The molecule has 0 aromatic heterocycles. The molecule has 1 aromatic rings. The van der Waals surface area contributed by atoms with Crippen molar-refractivity contribution in [1.82, 2.24) is 4.31 Å². The van der Waals surface area contributed by atoms with Crippen molar-refractivity contribution in [3.05, 3.63) is 35.4 Å². The molecule has 1 amide bonds. The summed E-state index contributed by atoms with van der Waals surface area (Å²) >= 11 is 0. The minimum atomic E-state index is -3.40. The highest BCUT2D eigenvalue weighted by atomic mass is 32.2. The number of rotatable bonds is 2. The van der Waals surface area contributed by atoms with Gasteiger partial charge in [0.1, 0.15) is 0 Å². The van der Waals surface area contributed by atoms with Gasteiger partial charge in [-0.15, -0.1) is 0 Å². The molecule has 1 aliphatic carbocycles. The Morgan fingerprint density at radius 2 is 1.88 bits per heavy atom. The van der Waals surface area contributed by atoms with Crippen molar-refractivity contribution in [2.75, 3.05) is 0 Å². The third-order valence-electron chi connectivity index (χ3n) is 3.04. The van der Waals surface area contributed by atoms with Crippen LogP contribution in [0.25, 0.3) is 0 Å². The average Bonchev–Trinajstić information content (AvgIpc) is 3.05. The van der Waals surface area contributed by atoms with E-state index in [9.17, 15) is 13.2 Å². The van der Waals surface area contributed by atoms with Crippen molar-refractivity contribution in [3.8, 4) is 0 Å². The molecule has 1 aromatic carbocycles. The molecule has 0 radical (unpaired) electrons. The lowest BCUT2D eigenvalue weighted by atomic mass is 10.1. The normalized spacial score (nSPS) is 20.0. The molecule has 1 aliphatic heterocycles. The number of hydrogen-bond donors (Lipinski definition) is 0. The summed E-state index contributed by atoms with van der Waals surface area (Å²) in [6, 6.07) is 7.05. The molecule has 0 atom stereocenters. The van der Waals surface area contributed by atoms with Gasteiger partial charge in [-0.25, -0.2) is 12.7 Å². The first-order valence-corrected chi connectivity index (χ1v) is 6.75. The van der Waals surface area contributed by atoms with Gasteiger partial charge in [0.25, 0.3) is 5.91 Å². The molecule has 2 aliphatic rings. The van der Waals surface area contributed by atoms with Gasteiger partial charge in [-0.05, 0) is 24.5 Å². The molecular weight excluding hydrogens is 226 g/mol. The van der Waals surface area contributed by atoms with Gasteiger partial charge >= 0.3 is 0 Å². The standard InChI is InChI=1S/C11H11NO3S/c13-11-10-4-2-1-3-8(10)7-12(11)16(14,15)9-5-6-9/h1-4,9H,5-7H2. The Bertz CT molecular complexity index is 560. The van der Waals surface area contributed by atoms with Crippen molar-refractivity contribution >= 4 is 15.9 Å². The number of nitrogens with zero attached hydrogens (tertiary/aromatic N) is 1. The van der Waals surface area contributed by atoms with Crippen LogP contribution in [0.3, 0.4) is 0 Å². The van der Waals surface area contributed by atoms with Crippen LogP contribution in [0.1, 0.15) is 28.8 Å². The molecule has 5 heteroatoms. The quantitative estimate of drug-likeness (QED) is 0.775. The molecule has 1 fully saturated rings. The van der Waals surface area contributed by atoms with E-state index >= 15 is 0 Å². The van der Waals surface area contributed by atoms with Crippen molar-refractivity contribution in [2.45, 2.75) is 24.6 Å². The maximum Gasteiger partial charge on any atom is 0.268 e. The lowest BCUT2D eigenvalue weighted by molar-refractivity contribution is 0.0879. The average molecular weight is 237 g/mol. The molecule has 1 heterocycles. The summed E-state index contributed by atoms with van der Waals surface area (Å²) in [5.41, 5.74) is 1.32. The summed E-state index contributed by atoms with van der Waals surface area (Å²) in [6.45, 7) is 0.202. The highest BCUT2D eigenvalue weighted by Gasteiger charge is 2.45. The third-order valence-corrected chi connectivity index (χ3v) is 5.26. The maximum atomic E-state index is 12.0. The molecule has 0 N–H and O–H groups in total. The SMILES string of the molecule is O=C1c2ccccc2CN1S(=O)(=O)C1CC1. The Kier molecular flexibility index (Phi) is 1.89. The number of hydrogen-bond acceptors (Lipinski definition) is 3. The van der Waals surface area contributed by atoms with E-state index in [2.05, 4.69) is 0 Å². The second-order valence-corrected chi connectivity index (χ2v) is 6.35. The first kappa shape index (κ1) is 9.84. The highest BCUT2D eigenvalue weighted by Crippen LogP contribution is 2.35. The summed E-state index contributed by atoms with van der Waals surface area (Å²) in [5.74, 6) is -0.373. The van der Waals surface area contributed by atoms with Crippen molar-refractivity contribution in [3.63, 3.8) is 0 Å². The Labute approximate surface area is 93.9 Å². The summed E-state index contributed by atoms with van der Waals surface area (Å²) in [4.78, 5) is 11.9. The van der Waals surface area contributed by atoms with Gasteiger partial charge in [-0.3, -0.25) is 4.79 Å². The van der Waals surface area contributed by atoms with E-state index in [1.165, 1.54) is 0 Å². The zero-order valence-corrected chi connectivity index (χ0v) is 9.40. The summed E-state index contributed by atoms with van der Waals surface area (Å²) in [6.07, 6.45) is 1.37. The largest absolute Gasteiger partial charge is 0.268 e. The Balaban J connectivity index is 2.01. The molecular formula is C11H11NO3S. The van der Waals surface area contributed by atoms with Crippen molar-refractivity contribution in [1.29, 1.82) is 0 Å². The van der Waals surface area contributed by atoms with Crippen LogP contribution >= 0.6 is 0 Å². The minimum absolute atomic E-state index is 0.202. The van der Waals surface area contributed by atoms with Crippen LogP contribution in [0.5, 0.6) is 0 Å². The second kappa shape index (κ2) is 3.07. The van der Waals surface area contributed by atoms with E-state index in [1.54, 1.807) is 18.2 Å². The van der Waals surface area contributed by atoms with Gasteiger partial charge in [-0.1, -0.05) is 18.2 Å². The Morgan fingerprint density at radius 3 is 2.50 bits per heavy atom. The maximum absolute atomic E-state index is 12.0. The summed E-state index contributed by atoms with van der Waals surface area (Å²) in [5, 5.41) is -0.328. The fourth-order valence-electron chi connectivity index (χ4n) is 1.98. The summed E-state index contributed by atoms with van der Waals surface area (Å²) in [7, 11) is -3.40. The predicted molar refractivity (Wildman–Crippen MR) is 58.3 cm³/mol. The van der Waals surface area contributed by atoms with E-state index in [0.29, 0.717) is 18.4 Å². The Hall–Kier alpha value is -1.36. The number of fused-ring (bicyclic) bond motifs is 1. The molecule has 16 heavy (non-hydrogen) atoms. The predicted octanol–water partition coefficient (Wildman–Crippen LogP) is 1.13. The van der Waals surface area contributed by atoms with E-state index < -0.39 is 10.0 Å². The fraction of sp³-hybridized carbons (Fsp3) is 0.364. The van der Waals surface area contributed by atoms with E-state index in [4.69, 9.17) is 0 Å². The van der Waals surface area contributed by atoms with Gasteiger partial charge < -0.3 is 0 Å². The van der Waals surface area contributed by atoms with Crippen LogP contribution in [0.4, 0.5) is 0 Å².